The van der Waals surface area contributed by atoms with Crippen LogP contribution in [-0.2, 0) is 74.2 Å². The molecule has 424 valence electrons. The molecule has 0 saturated heterocycles. The van der Waals surface area contributed by atoms with Gasteiger partial charge >= 0.3 is 198 Å². The number of hydrogen-bond donors (Lipinski definition) is 0. The van der Waals surface area contributed by atoms with Crippen molar-refractivity contribution in [2.75, 3.05) is 0 Å². The van der Waals surface area contributed by atoms with Crippen molar-refractivity contribution in [3.05, 3.63) is 359 Å². The maximum absolute atomic E-state index is 3.15. The van der Waals surface area contributed by atoms with E-state index in [1.807, 2.05) is 12.1 Å². The van der Waals surface area contributed by atoms with Gasteiger partial charge in [0.15, 0.2) is 0 Å². The molecule has 0 aliphatic heterocycles. The number of allylic oxidation sites excluding steroid dienone is 8. The summed E-state index contributed by atoms with van der Waals surface area (Å²) in [6.45, 7) is 8.83. The van der Waals surface area contributed by atoms with Crippen molar-refractivity contribution in [2.24, 2.45) is 0 Å². The molecule has 0 radical (unpaired) electrons. The van der Waals surface area contributed by atoms with Crippen LogP contribution in [-0.4, -0.2) is 6.41 Å². The van der Waals surface area contributed by atoms with Crippen LogP contribution < -0.4 is 24.8 Å². The quantitative estimate of drug-likeness (QED) is 0.120. The Morgan fingerprint density at radius 2 is 0.558 bits per heavy atom. The van der Waals surface area contributed by atoms with E-state index in [0.29, 0.717) is 0 Å². The molecule has 0 spiro atoms. The molecule has 2 aliphatic carbocycles. The van der Waals surface area contributed by atoms with Crippen molar-refractivity contribution >= 4 is 60.6 Å². The number of benzene rings is 10. The SMILES string of the molecule is CCc1ccc2c(c1)[cH-]c1cc(CC)ccc12.CCc1ccc2c(c1)[cH-]c1cc(CC)ccc12.[C-]1=CC(c2ccccc2)=CC1.[C-]1=CC(c2ccccc2)=CC1.[Cl-].[Cl-].[Zr+2]=[C](c1ccccc1)c1ccccc1.[Zr+2]=[C](c1ccccc1)c1ccccc1. The molecule has 0 N–H and O–H groups in total. The molecule has 14 rings (SSSR count). The van der Waals surface area contributed by atoms with E-state index in [1.165, 1.54) is 165 Å². The second kappa shape index (κ2) is 35.0. The molecule has 0 unspecified atom stereocenters. The van der Waals surface area contributed by atoms with Crippen molar-refractivity contribution < 1.29 is 73.3 Å². The van der Waals surface area contributed by atoms with Crippen molar-refractivity contribution in [1.82, 2.24) is 0 Å². The Bertz CT molecular complexity index is 3690. The minimum atomic E-state index is 0. The number of hydrogen-bond acceptors (Lipinski definition) is 0. The first-order valence-corrected chi connectivity index (χ1v) is 32.0. The van der Waals surface area contributed by atoms with E-state index >= 15 is 0 Å². The molecule has 12 aromatic rings. The predicted octanol–water partition coefficient (Wildman–Crippen LogP) is 15.0. The molecule has 2 aliphatic rings. The van der Waals surface area contributed by atoms with Gasteiger partial charge in [0.05, 0.1) is 0 Å². The van der Waals surface area contributed by atoms with E-state index in [-0.39, 0.29) is 24.8 Å². The zero-order valence-corrected chi connectivity index (χ0v) is 56.1. The summed E-state index contributed by atoms with van der Waals surface area (Å²) in [7, 11) is 0. The van der Waals surface area contributed by atoms with Gasteiger partial charge in [0, 0.05) is 0 Å². The zero-order chi connectivity index (χ0) is 58.3. The fraction of sp³-hybridized carbons (Fsp3) is 0.122. The number of rotatable bonds is 10. The summed E-state index contributed by atoms with van der Waals surface area (Å²) in [5, 5.41) is 11.1. The summed E-state index contributed by atoms with van der Waals surface area (Å²) in [5.74, 6) is 0. The van der Waals surface area contributed by atoms with Crippen molar-refractivity contribution in [1.29, 1.82) is 0 Å². The third-order valence-electron chi connectivity index (χ3n) is 15.2. The Morgan fingerprint density at radius 3 is 0.767 bits per heavy atom. The molecule has 0 atom stereocenters. The van der Waals surface area contributed by atoms with Crippen LogP contribution >= 0.6 is 0 Å². The molecule has 86 heavy (non-hydrogen) atoms. The second-order valence-electron chi connectivity index (χ2n) is 20.8. The van der Waals surface area contributed by atoms with Crippen LogP contribution in [0.3, 0.4) is 0 Å². The van der Waals surface area contributed by atoms with Gasteiger partial charge in [0.25, 0.3) is 0 Å². The van der Waals surface area contributed by atoms with Gasteiger partial charge in [0.1, 0.15) is 0 Å². The third kappa shape index (κ3) is 18.5. The van der Waals surface area contributed by atoms with E-state index in [9.17, 15) is 0 Å². The molecule has 0 bridgehead atoms. The topological polar surface area (TPSA) is 0 Å². The third-order valence-corrected chi connectivity index (χ3v) is 18.0. The van der Waals surface area contributed by atoms with Gasteiger partial charge < -0.3 is 24.8 Å². The van der Waals surface area contributed by atoms with Crippen molar-refractivity contribution in [3.63, 3.8) is 0 Å². The van der Waals surface area contributed by atoms with Crippen LogP contribution in [0.2, 0.25) is 0 Å². The van der Waals surface area contributed by atoms with Gasteiger partial charge in [-0.25, -0.2) is 12.2 Å². The van der Waals surface area contributed by atoms with Crippen LogP contribution in [0.5, 0.6) is 0 Å². The molecule has 0 aromatic heterocycles. The minimum absolute atomic E-state index is 0. The van der Waals surface area contributed by atoms with Gasteiger partial charge in [-0.05, 0) is 25.7 Å². The summed E-state index contributed by atoms with van der Waals surface area (Å²) in [4.78, 5) is 0. The second-order valence-corrected chi connectivity index (χ2v) is 23.2. The average Bonchev–Trinajstić information content (AvgIpc) is 3.98. The van der Waals surface area contributed by atoms with E-state index in [1.54, 1.807) is 0 Å². The van der Waals surface area contributed by atoms with Gasteiger partial charge in [-0.2, -0.15) is 23.3 Å². The van der Waals surface area contributed by atoms with E-state index < -0.39 is 0 Å². The fourth-order valence-electron chi connectivity index (χ4n) is 10.3. The average molecular weight is 1310 g/mol. The van der Waals surface area contributed by atoms with Crippen LogP contribution in [0.25, 0.3) is 54.2 Å². The van der Waals surface area contributed by atoms with Gasteiger partial charge in [-0.15, -0.1) is 103 Å². The Balaban J connectivity index is 0.000000148. The molecule has 0 nitrogen and oxygen atoms in total. The Labute approximate surface area is 554 Å². The standard InChI is InChI=1S/2C17H17.2C13H10.2C11H9.2ClH.2Zr/c2*1-3-12-5-7-16-14(9-12)11-15-10-13(4-2)6-8-17(15)16;2*1-3-7-12(8-4-1)11-13-9-5-2-6-10-13;2*1-2-6-10(7-3-1)11-8-4-5-9-11;;;;/h2*5-11H,3-4H2,1-2H3;2*1-10H;2*1-3,6-9H,4H2;2*1H;;/q2*-1;;;2*-1;;;2*+2/p-2. The summed E-state index contributed by atoms with van der Waals surface area (Å²) >= 11 is 2.92. The summed E-state index contributed by atoms with van der Waals surface area (Å²) in [6, 6.07) is 95.0. The molecule has 0 fully saturated rings. The molecular weight excluding hydrogens is 1240 g/mol. The molecule has 0 saturated carbocycles. The Morgan fingerprint density at radius 1 is 0.326 bits per heavy atom. The normalized spacial score (nSPS) is 11.6. The maximum atomic E-state index is 3.15. The van der Waals surface area contributed by atoms with Crippen molar-refractivity contribution in [2.45, 2.75) is 66.2 Å². The molecule has 4 heteroatoms. The first-order chi connectivity index (χ1) is 41.3. The van der Waals surface area contributed by atoms with E-state index in [4.69, 9.17) is 0 Å². The Hall–Kier alpha value is -7.01. The fourth-order valence-corrected chi connectivity index (χ4v) is 12.0. The molecule has 12 aromatic carbocycles. The Kier molecular flexibility index (Phi) is 27.0. The molecular formula is C82H72Cl2Zr2-2. The molecule has 0 heterocycles. The van der Waals surface area contributed by atoms with Gasteiger partial charge in [-0.3, -0.25) is 12.2 Å². The summed E-state index contributed by atoms with van der Waals surface area (Å²) in [6.07, 6.45) is 21.1. The molecule has 0 amide bonds. The summed E-state index contributed by atoms with van der Waals surface area (Å²) in [5.41, 5.74) is 16.2. The van der Waals surface area contributed by atoms with E-state index in [0.717, 1.165) is 38.5 Å². The predicted molar refractivity (Wildman–Crippen MR) is 357 cm³/mol. The number of fused-ring (bicyclic) bond motifs is 6. The van der Waals surface area contributed by atoms with Crippen molar-refractivity contribution in [3.8, 4) is 0 Å². The first-order valence-electron chi connectivity index (χ1n) is 29.6. The van der Waals surface area contributed by atoms with Gasteiger partial charge in [-0.1, -0.05) is 159 Å². The summed E-state index contributed by atoms with van der Waals surface area (Å²) < 4.78 is 2.83. The number of halogens is 2. The monoisotopic (exact) mass is 1310 g/mol. The van der Waals surface area contributed by atoms with Crippen LogP contribution in [0.4, 0.5) is 0 Å². The van der Waals surface area contributed by atoms with Crippen LogP contribution in [0.15, 0.2) is 291 Å². The van der Waals surface area contributed by atoms with Crippen LogP contribution in [0, 0.1) is 12.2 Å². The first kappa shape index (κ1) is 66.5. The zero-order valence-electron chi connectivity index (χ0n) is 49.7. The van der Waals surface area contributed by atoms with Gasteiger partial charge in [0.2, 0.25) is 0 Å². The van der Waals surface area contributed by atoms with E-state index in [2.05, 4.69) is 319 Å². The number of aryl methyl sites for hydroxylation is 4. The van der Waals surface area contributed by atoms with Crippen LogP contribution in [0.1, 0.15) is 96.2 Å².